The lowest BCUT2D eigenvalue weighted by atomic mass is 10.0. The molecule has 120 valence electrons. The molecule has 0 saturated carbocycles. The smallest absolute Gasteiger partial charge is 0.196 e. The summed E-state index contributed by atoms with van der Waals surface area (Å²) in [6.45, 7) is 2.01. The van der Waals surface area contributed by atoms with Crippen molar-refractivity contribution in [2.24, 2.45) is 5.73 Å². The molecule has 0 atom stereocenters. The molecular weight excluding hydrogens is 314 g/mol. The molecule has 0 spiro atoms. The highest BCUT2D eigenvalue weighted by Gasteiger charge is 2.17. The number of rotatable bonds is 3. The molecule has 0 unspecified atom stereocenters. The van der Waals surface area contributed by atoms with Crippen LogP contribution in [0.4, 0.5) is 0 Å². The fourth-order valence-corrected chi connectivity index (χ4v) is 2.64. The Morgan fingerprint density at radius 3 is 2.43 bits per heavy atom. The van der Waals surface area contributed by atoms with Gasteiger partial charge < -0.3 is 14.9 Å². The van der Waals surface area contributed by atoms with Gasteiger partial charge in [-0.2, -0.15) is 0 Å². The molecule has 3 aromatic rings. The first-order valence-electron chi connectivity index (χ1n) is 7.06. The summed E-state index contributed by atoms with van der Waals surface area (Å²) in [6, 6.07) is 13.1. The Morgan fingerprint density at radius 2 is 1.83 bits per heavy atom. The zero-order valence-corrected chi connectivity index (χ0v) is 13.8. The molecule has 1 aromatic heterocycles. The number of hydrogen-bond donors (Lipinski definition) is 1. The number of halogens is 1. The van der Waals surface area contributed by atoms with E-state index in [9.17, 15) is 4.79 Å². The molecule has 0 radical (unpaired) electrons. The van der Waals surface area contributed by atoms with E-state index in [1.165, 1.54) is 0 Å². The van der Waals surface area contributed by atoms with Crippen molar-refractivity contribution in [3.63, 3.8) is 0 Å². The van der Waals surface area contributed by atoms with E-state index in [0.29, 0.717) is 33.6 Å². The van der Waals surface area contributed by atoms with Crippen LogP contribution in [0.25, 0.3) is 22.3 Å². The summed E-state index contributed by atoms with van der Waals surface area (Å²) in [7, 11) is 1.57. The van der Waals surface area contributed by atoms with Crippen LogP contribution >= 0.6 is 12.4 Å². The second kappa shape index (κ2) is 6.86. The van der Waals surface area contributed by atoms with Crippen molar-refractivity contribution in [3.05, 3.63) is 63.8 Å². The van der Waals surface area contributed by atoms with E-state index in [1.807, 2.05) is 30.3 Å². The number of hydrogen-bond acceptors (Lipinski definition) is 4. The van der Waals surface area contributed by atoms with Crippen LogP contribution in [0.2, 0.25) is 0 Å². The molecule has 0 fully saturated rings. The van der Waals surface area contributed by atoms with Crippen LogP contribution < -0.4 is 15.9 Å². The van der Waals surface area contributed by atoms with Crippen molar-refractivity contribution in [3.8, 4) is 17.1 Å². The highest BCUT2D eigenvalue weighted by atomic mass is 35.5. The monoisotopic (exact) mass is 331 g/mol. The van der Waals surface area contributed by atoms with Crippen LogP contribution in [0.1, 0.15) is 11.1 Å². The van der Waals surface area contributed by atoms with Gasteiger partial charge in [-0.1, -0.05) is 30.3 Å². The van der Waals surface area contributed by atoms with Gasteiger partial charge in [0.2, 0.25) is 0 Å². The number of methoxy groups -OCH3 is 1. The van der Waals surface area contributed by atoms with E-state index < -0.39 is 0 Å². The third-order valence-electron chi connectivity index (χ3n) is 3.81. The first-order chi connectivity index (χ1) is 10.7. The third kappa shape index (κ3) is 2.83. The van der Waals surface area contributed by atoms with Crippen molar-refractivity contribution in [1.29, 1.82) is 0 Å². The summed E-state index contributed by atoms with van der Waals surface area (Å²) in [4.78, 5) is 12.6. The molecule has 0 aliphatic rings. The molecule has 23 heavy (non-hydrogen) atoms. The number of nitrogens with two attached hydrogens (primary N) is 1. The predicted octanol–water partition coefficient (Wildman–Crippen LogP) is 3.66. The summed E-state index contributed by atoms with van der Waals surface area (Å²) in [6.07, 6.45) is 0. The molecule has 0 saturated heterocycles. The summed E-state index contributed by atoms with van der Waals surface area (Å²) in [5.41, 5.74) is 8.44. The molecule has 2 N–H and O–H groups in total. The van der Waals surface area contributed by atoms with Crippen LogP contribution in [0.3, 0.4) is 0 Å². The molecule has 0 aliphatic heterocycles. The Balaban J connectivity index is 0.00000192. The van der Waals surface area contributed by atoms with Crippen molar-refractivity contribution in [2.45, 2.75) is 13.5 Å². The van der Waals surface area contributed by atoms with Gasteiger partial charge in [-0.15, -0.1) is 12.4 Å². The van der Waals surface area contributed by atoms with Gasteiger partial charge in [0, 0.05) is 17.7 Å². The highest BCUT2D eigenvalue weighted by molar-refractivity contribution is 5.85. The summed E-state index contributed by atoms with van der Waals surface area (Å²) in [5, 5.41) is 0.526. The minimum absolute atomic E-state index is 0. The maximum Gasteiger partial charge on any atom is 0.196 e. The molecule has 3 rings (SSSR count). The first-order valence-corrected chi connectivity index (χ1v) is 7.06. The summed E-state index contributed by atoms with van der Waals surface area (Å²) in [5.74, 6) is 1.20. The van der Waals surface area contributed by atoms with Crippen molar-refractivity contribution >= 4 is 23.4 Å². The molecule has 4 nitrogen and oxygen atoms in total. The fourth-order valence-electron chi connectivity index (χ4n) is 2.64. The van der Waals surface area contributed by atoms with Gasteiger partial charge in [-0.3, -0.25) is 4.79 Å². The SMILES string of the molecule is COc1ccc2c(=O)c(C)c(-c3ccccc3)oc2c1CN.Cl. The molecule has 2 aromatic carbocycles. The van der Waals surface area contributed by atoms with Crippen LogP contribution in [0, 0.1) is 6.92 Å². The van der Waals surface area contributed by atoms with E-state index in [2.05, 4.69) is 0 Å². The van der Waals surface area contributed by atoms with Gasteiger partial charge in [-0.25, -0.2) is 0 Å². The van der Waals surface area contributed by atoms with E-state index in [-0.39, 0.29) is 24.4 Å². The molecule has 0 aliphatic carbocycles. The largest absolute Gasteiger partial charge is 0.496 e. The Kier molecular flexibility index (Phi) is 5.08. The van der Waals surface area contributed by atoms with Crippen LogP contribution in [-0.2, 0) is 6.54 Å². The molecular formula is C18H18ClNO3. The Hall–Kier alpha value is -2.30. The maximum atomic E-state index is 12.6. The second-order valence-electron chi connectivity index (χ2n) is 5.08. The van der Waals surface area contributed by atoms with Crippen molar-refractivity contribution in [2.75, 3.05) is 7.11 Å². The molecule has 0 bridgehead atoms. The van der Waals surface area contributed by atoms with Crippen molar-refractivity contribution in [1.82, 2.24) is 0 Å². The minimum atomic E-state index is -0.0440. The minimum Gasteiger partial charge on any atom is -0.496 e. The van der Waals surface area contributed by atoms with E-state index in [4.69, 9.17) is 14.9 Å². The second-order valence-corrected chi connectivity index (χ2v) is 5.08. The van der Waals surface area contributed by atoms with Gasteiger partial charge in [0.1, 0.15) is 17.1 Å². The predicted molar refractivity (Wildman–Crippen MR) is 94.3 cm³/mol. The summed E-state index contributed by atoms with van der Waals surface area (Å²) < 4.78 is 11.4. The number of benzene rings is 2. The van der Waals surface area contributed by atoms with E-state index in [1.54, 1.807) is 26.2 Å². The lowest BCUT2D eigenvalue weighted by molar-refractivity contribution is 0.409. The average Bonchev–Trinajstić information content (AvgIpc) is 2.57. The summed E-state index contributed by atoms with van der Waals surface area (Å²) >= 11 is 0. The number of fused-ring (bicyclic) bond motifs is 1. The number of ether oxygens (including phenoxy) is 1. The molecule has 0 amide bonds. The Morgan fingerprint density at radius 1 is 1.13 bits per heavy atom. The van der Waals surface area contributed by atoms with Gasteiger partial charge in [0.15, 0.2) is 5.43 Å². The standard InChI is InChI=1S/C18H17NO3.ClH/c1-11-16(20)13-8-9-15(21-2)14(10-19)18(13)22-17(11)12-6-4-3-5-7-12;/h3-9H,10,19H2,1-2H3;1H. The zero-order chi connectivity index (χ0) is 15.7. The Bertz CT molecular complexity index is 888. The van der Waals surface area contributed by atoms with Gasteiger partial charge in [-0.05, 0) is 19.1 Å². The van der Waals surface area contributed by atoms with Crippen LogP contribution in [-0.4, -0.2) is 7.11 Å². The van der Waals surface area contributed by atoms with Crippen LogP contribution in [0.5, 0.6) is 5.75 Å². The quantitative estimate of drug-likeness (QED) is 0.795. The van der Waals surface area contributed by atoms with E-state index in [0.717, 1.165) is 5.56 Å². The first kappa shape index (κ1) is 17.1. The van der Waals surface area contributed by atoms with Crippen molar-refractivity contribution < 1.29 is 9.15 Å². The normalized spacial score (nSPS) is 10.4. The lowest BCUT2D eigenvalue weighted by Gasteiger charge is -2.12. The lowest BCUT2D eigenvalue weighted by Crippen LogP contribution is -2.10. The topological polar surface area (TPSA) is 65.5 Å². The van der Waals surface area contributed by atoms with Gasteiger partial charge in [0.05, 0.1) is 18.1 Å². The Labute approximate surface area is 140 Å². The highest BCUT2D eigenvalue weighted by Crippen LogP contribution is 2.31. The zero-order valence-electron chi connectivity index (χ0n) is 13.0. The maximum absolute atomic E-state index is 12.6. The van der Waals surface area contributed by atoms with Gasteiger partial charge in [0.25, 0.3) is 0 Å². The molecule has 1 heterocycles. The fraction of sp³-hybridized carbons (Fsp3) is 0.167. The van der Waals surface area contributed by atoms with E-state index >= 15 is 0 Å². The molecule has 5 heteroatoms. The van der Waals surface area contributed by atoms with Gasteiger partial charge >= 0.3 is 0 Å². The third-order valence-corrected chi connectivity index (χ3v) is 3.81. The average molecular weight is 332 g/mol. The van der Waals surface area contributed by atoms with Crippen LogP contribution in [0.15, 0.2) is 51.7 Å².